The molecule has 4 rings (SSSR count). The van der Waals surface area contributed by atoms with Crippen LogP contribution in [0, 0.1) is 5.92 Å². The molecule has 2 aromatic heterocycles. The summed E-state index contributed by atoms with van der Waals surface area (Å²) in [6.45, 7) is 1.21. The number of piperidine rings is 1. The number of para-hydroxylation sites is 2. The summed E-state index contributed by atoms with van der Waals surface area (Å²) < 4.78 is 0. The molecule has 2 N–H and O–H groups in total. The molecule has 3 heterocycles. The number of benzene rings is 1. The van der Waals surface area contributed by atoms with E-state index in [2.05, 4.69) is 15.3 Å². The van der Waals surface area contributed by atoms with E-state index in [4.69, 9.17) is 0 Å². The van der Waals surface area contributed by atoms with Gasteiger partial charge in [0.25, 0.3) is 5.91 Å². The third-order valence-electron chi connectivity index (χ3n) is 4.52. The molecule has 1 aliphatic heterocycles. The minimum Gasteiger partial charge on any atom is -0.338 e. The number of nitrogens with one attached hydrogen (secondary N) is 2. The number of aromatic amines is 1. The fraction of sp³-hybridized carbons (Fsp3) is 0.278. The normalized spacial score (nSPS) is 15.4. The summed E-state index contributed by atoms with van der Waals surface area (Å²) >= 11 is 1.45. The lowest BCUT2D eigenvalue weighted by Crippen LogP contribution is -2.41. The summed E-state index contributed by atoms with van der Waals surface area (Å²) in [5.74, 6) is 0.400. The number of H-pyrrole nitrogens is 1. The first-order valence-electron chi connectivity index (χ1n) is 8.29. The van der Waals surface area contributed by atoms with Gasteiger partial charge in [-0.2, -0.15) is 0 Å². The van der Waals surface area contributed by atoms with Gasteiger partial charge < -0.3 is 9.88 Å². The van der Waals surface area contributed by atoms with Gasteiger partial charge in [0.05, 0.1) is 15.9 Å². The van der Waals surface area contributed by atoms with Crippen LogP contribution in [0.15, 0.2) is 41.8 Å². The number of imidazole rings is 1. The van der Waals surface area contributed by atoms with Crippen molar-refractivity contribution in [3.05, 3.63) is 46.7 Å². The molecule has 3 aromatic rings. The number of rotatable bonds is 3. The fourth-order valence-electron chi connectivity index (χ4n) is 3.13. The van der Waals surface area contributed by atoms with Gasteiger partial charge in [-0.15, -0.1) is 11.3 Å². The van der Waals surface area contributed by atoms with Gasteiger partial charge in [-0.1, -0.05) is 18.2 Å². The summed E-state index contributed by atoms with van der Waals surface area (Å²) in [4.78, 5) is 34.9. The molecule has 1 fully saturated rings. The number of fused-ring (bicyclic) bond motifs is 1. The SMILES string of the molecule is O=C(Nc1nc2ccccc2[nH]1)C1CCN(C(=O)c2cccs2)CC1. The second kappa shape index (κ2) is 6.68. The van der Waals surface area contributed by atoms with Crippen LogP contribution in [0.25, 0.3) is 11.0 Å². The number of anilines is 1. The average Bonchev–Trinajstić information content (AvgIpc) is 3.30. The zero-order valence-electron chi connectivity index (χ0n) is 13.6. The Morgan fingerprint density at radius 3 is 2.68 bits per heavy atom. The summed E-state index contributed by atoms with van der Waals surface area (Å²) in [7, 11) is 0. The van der Waals surface area contributed by atoms with Crippen molar-refractivity contribution in [2.45, 2.75) is 12.8 Å². The largest absolute Gasteiger partial charge is 0.338 e. The lowest BCUT2D eigenvalue weighted by atomic mass is 9.96. The van der Waals surface area contributed by atoms with E-state index in [1.165, 1.54) is 11.3 Å². The van der Waals surface area contributed by atoms with E-state index in [1.807, 2.05) is 46.7 Å². The average molecular weight is 354 g/mol. The number of thiophene rings is 1. The van der Waals surface area contributed by atoms with Gasteiger partial charge in [-0.25, -0.2) is 4.98 Å². The predicted octanol–water partition coefficient (Wildman–Crippen LogP) is 3.12. The maximum atomic E-state index is 12.5. The van der Waals surface area contributed by atoms with E-state index in [1.54, 1.807) is 0 Å². The summed E-state index contributed by atoms with van der Waals surface area (Å²) in [6.07, 6.45) is 1.34. The number of aromatic nitrogens is 2. The van der Waals surface area contributed by atoms with E-state index in [0.717, 1.165) is 15.9 Å². The summed E-state index contributed by atoms with van der Waals surface area (Å²) in [5, 5.41) is 4.77. The standard InChI is InChI=1S/C18H18N4O2S/c23-16(21-18-19-13-4-1-2-5-14(13)20-18)12-7-9-22(10-8-12)17(24)15-6-3-11-25-15/h1-6,11-12H,7-10H2,(H2,19,20,21,23). The van der Waals surface area contributed by atoms with Gasteiger partial charge in [0, 0.05) is 19.0 Å². The number of carbonyl (C=O) groups is 2. The predicted molar refractivity (Wildman–Crippen MR) is 97.7 cm³/mol. The first-order chi connectivity index (χ1) is 12.2. The van der Waals surface area contributed by atoms with Gasteiger partial charge in [-0.3, -0.25) is 14.9 Å². The molecule has 1 aliphatic rings. The monoisotopic (exact) mass is 354 g/mol. The van der Waals surface area contributed by atoms with Gasteiger partial charge in [0.1, 0.15) is 0 Å². The van der Waals surface area contributed by atoms with Crippen molar-refractivity contribution in [1.29, 1.82) is 0 Å². The smallest absolute Gasteiger partial charge is 0.263 e. The minimum absolute atomic E-state index is 0.0396. The molecule has 0 radical (unpaired) electrons. The van der Waals surface area contributed by atoms with E-state index < -0.39 is 0 Å². The summed E-state index contributed by atoms with van der Waals surface area (Å²) in [6, 6.07) is 11.4. The van der Waals surface area contributed by atoms with Gasteiger partial charge in [0.15, 0.2) is 0 Å². The van der Waals surface area contributed by atoms with Crippen LogP contribution in [0.3, 0.4) is 0 Å². The van der Waals surface area contributed by atoms with Crippen molar-refractivity contribution >= 4 is 40.1 Å². The second-order valence-electron chi connectivity index (χ2n) is 6.14. The third kappa shape index (κ3) is 3.28. The molecule has 0 spiro atoms. The van der Waals surface area contributed by atoms with Gasteiger partial charge >= 0.3 is 0 Å². The Kier molecular flexibility index (Phi) is 4.23. The highest BCUT2D eigenvalue weighted by Gasteiger charge is 2.28. The van der Waals surface area contributed by atoms with E-state index in [9.17, 15) is 9.59 Å². The zero-order chi connectivity index (χ0) is 17.2. The molecule has 0 unspecified atom stereocenters. The van der Waals surface area contributed by atoms with Gasteiger partial charge in [0.2, 0.25) is 11.9 Å². The summed E-state index contributed by atoms with van der Waals surface area (Å²) in [5.41, 5.74) is 1.73. The highest BCUT2D eigenvalue weighted by molar-refractivity contribution is 7.12. The first-order valence-corrected chi connectivity index (χ1v) is 9.17. The van der Waals surface area contributed by atoms with Crippen molar-refractivity contribution in [2.75, 3.05) is 18.4 Å². The Balaban J connectivity index is 1.35. The van der Waals surface area contributed by atoms with E-state index in [0.29, 0.717) is 31.9 Å². The van der Waals surface area contributed by atoms with Crippen LogP contribution in [0.2, 0.25) is 0 Å². The number of likely N-dealkylation sites (tertiary alicyclic amines) is 1. The minimum atomic E-state index is -0.0967. The van der Waals surface area contributed by atoms with Crippen LogP contribution in [-0.2, 0) is 4.79 Å². The van der Waals surface area contributed by atoms with Crippen LogP contribution in [-0.4, -0.2) is 39.8 Å². The molecule has 1 saturated heterocycles. The zero-order valence-corrected chi connectivity index (χ0v) is 14.4. The Morgan fingerprint density at radius 2 is 1.96 bits per heavy atom. The lowest BCUT2D eigenvalue weighted by molar-refractivity contribution is -0.121. The number of carbonyl (C=O) groups excluding carboxylic acids is 2. The Bertz CT molecular complexity index is 862. The van der Waals surface area contributed by atoms with Crippen LogP contribution in [0.5, 0.6) is 0 Å². The molecule has 0 bridgehead atoms. The van der Waals surface area contributed by atoms with Crippen molar-refractivity contribution in [3.63, 3.8) is 0 Å². The molecule has 25 heavy (non-hydrogen) atoms. The van der Waals surface area contributed by atoms with Crippen LogP contribution in [0.1, 0.15) is 22.5 Å². The number of hydrogen-bond donors (Lipinski definition) is 2. The molecule has 0 saturated carbocycles. The molecule has 6 nitrogen and oxygen atoms in total. The van der Waals surface area contributed by atoms with Crippen molar-refractivity contribution in [2.24, 2.45) is 5.92 Å². The molecule has 0 atom stereocenters. The Hall–Kier alpha value is -2.67. The Labute approximate surface area is 148 Å². The van der Waals surface area contributed by atoms with Crippen molar-refractivity contribution in [3.8, 4) is 0 Å². The van der Waals surface area contributed by atoms with Crippen LogP contribution in [0.4, 0.5) is 5.95 Å². The van der Waals surface area contributed by atoms with Crippen molar-refractivity contribution in [1.82, 2.24) is 14.9 Å². The van der Waals surface area contributed by atoms with E-state index >= 15 is 0 Å². The lowest BCUT2D eigenvalue weighted by Gasteiger charge is -2.30. The molecule has 0 aliphatic carbocycles. The molecule has 7 heteroatoms. The van der Waals surface area contributed by atoms with Crippen molar-refractivity contribution < 1.29 is 9.59 Å². The highest BCUT2D eigenvalue weighted by atomic mass is 32.1. The quantitative estimate of drug-likeness (QED) is 0.758. The first kappa shape index (κ1) is 15.8. The third-order valence-corrected chi connectivity index (χ3v) is 5.37. The number of amides is 2. The molecule has 2 amide bonds. The fourth-order valence-corrected chi connectivity index (χ4v) is 3.82. The van der Waals surface area contributed by atoms with Gasteiger partial charge in [-0.05, 0) is 36.4 Å². The molecule has 128 valence electrons. The maximum absolute atomic E-state index is 12.5. The maximum Gasteiger partial charge on any atom is 0.263 e. The molecular formula is C18H18N4O2S. The van der Waals surface area contributed by atoms with E-state index in [-0.39, 0.29) is 17.7 Å². The number of hydrogen-bond acceptors (Lipinski definition) is 4. The van der Waals surface area contributed by atoms with Crippen LogP contribution >= 0.6 is 11.3 Å². The second-order valence-corrected chi connectivity index (χ2v) is 7.08. The topological polar surface area (TPSA) is 78.1 Å². The van der Waals surface area contributed by atoms with Crippen LogP contribution < -0.4 is 5.32 Å². The molecular weight excluding hydrogens is 336 g/mol. The molecule has 1 aromatic carbocycles. The Morgan fingerprint density at radius 1 is 1.16 bits per heavy atom. The number of nitrogens with zero attached hydrogens (tertiary/aromatic N) is 2. The highest BCUT2D eigenvalue weighted by Crippen LogP contribution is 2.22.